The molecule has 0 unspecified atom stereocenters. The Balaban J connectivity index is 1.83. The second-order valence-electron chi connectivity index (χ2n) is 4.78. The van der Waals surface area contributed by atoms with Crippen LogP contribution < -0.4 is 5.69 Å². The summed E-state index contributed by atoms with van der Waals surface area (Å²) in [5, 5.41) is 15.2. The number of thioether (sulfide) groups is 1. The monoisotopic (exact) mass is 301 g/mol. The molecular weight excluding hydrogens is 282 g/mol. The summed E-state index contributed by atoms with van der Waals surface area (Å²) >= 11 is 1.03. The average molecular weight is 301 g/mol. The number of nitrogens with zero attached hydrogens (tertiary/aromatic N) is 2. The summed E-state index contributed by atoms with van der Waals surface area (Å²) in [6, 6.07) is 0. The van der Waals surface area contributed by atoms with Crippen LogP contribution in [0.5, 0.6) is 0 Å². The van der Waals surface area contributed by atoms with Crippen LogP contribution >= 0.6 is 11.8 Å². The number of carbonyl (C=O) groups is 1. The molecule has 0 amide bonds. The van der Waals surface area contributed by atoms with Crippen LogP contribution in [0.2, 0.25) is 0 Å². The van der Waals surface area contributed by atoms with E-state index in [0.29, 0.717) is 24.4 Å². The quantitative estimate of drug-likeness (QED) is 0.732. The first-order chi connectivity index (χ1) is 9.66. The van der Waals surface area contributed by atoms with Crippen molar-refractivity contribution in [2.24, 2.45) is 0 Å². The van der Waals surface area contributed by atoms with Gasteiger partial charge in [-0.2, -0.15) is 0 Å². The van der Waals surface area contributed by atoms with Gasteiger partial charge >= 0.3 is 11.7 Å². The van der Waals surface area contributed by atoms with Crippen LogP contribution in [0.4, 0.5) is 0 Å². The largest absolute Gasteiger partial charge is 0.481 e. The maximum absolute atomic E-state index is 11.6. The zero-order valence-corrected chi connectivity index (χ0v) is 12.0. The molecule has 0 spiro atoms. The van der Waals surface area contributed by atoms with Crippen LogP contribution in [0.25, 0.3) is 0 Å². The number of hydrogen-bond acceptors (Lipinski definition) is 5. The van der Waals surface area contributed by atoms with Gasteiger partial charge in [-0.05, 0) is 12.8 Å². The molecule has 2 N–H and O–H groups in total. The molecule has 1 aliphatic rings. The van der Waals surface area contributed by atoms with Crippen LogP contribution in [0.1, 0.15) is 32.1 Å². The van der Waals surface area contributed by atoms with Crippen molar-refractivity contribution in [3.8, 4) is 0 Å². The van der Waals surface area contributed by atoms with Crippen LogP contribution in [0.3, 0.4) is 0 Å². The molecule has 0 aliphatic heterocycles. The zero-order valence-electron chi connectivity index (χ0n) is 11.2. The van der Waals surface area contributed by atoms with Crippen LogP contribution in [-0.4, -0.2) is 44.3 Å². The van der Waals surface area contributed by atoms with Gasteiger partial charge in [-0.25, -0.2) is 9.89 Å². The molecule has 1 aliphatic carbocycles. The van der Waals surface area contributed by atoms with Crippen molar-refractivity contribution in [3.63, 3.8) is 0 Å². The highest BCUT2D eigenvalue weighted by molar-refractivity contribution is 7.99. The minimum atomic E-state index is -0.935. The molecule has 0 aromatic carbocycles. The Bertz CT molecular complexity index is 493. The smallest absolute Gasteiger partial charge is 0.344 e. The van der Waals surface area contributed by atoms with Crippen molar-refractivity contribution in [2.45, 2.75) is 49.9 Å². The standard InChI is InChI=1S/C12H19N3O4S/c16-10(17)8-20-12-14-13-11(18)15(12)6-7-19-9-4-2-1-3-5-9/h9H,1-8H2,(H,13,18)(H,16,17). The van der Waals surface area contributed by atoms with Crippen molar-refractivity contribution in [2.75, 3.05) is 12.4 Å². The fourth-order valence-corrected chi connectivity index (χ4v) is 2.97. The lowest BCUT2D eigenvalue weighted by Crippen LogP contribution is -2.24. The van der Waals surface area contributed by atoms with Gasteiger partial charge < -0.3 is 9.84 Å². The Hall–Kier alpha value is -1.28. The molecule has 1 aromatic rings. The average Bonchev–Trinajstić information content (AvgIpc) is 2.79. The molecular formula is C12H19N3O4S. The number of carboxylic acids is 1. The van der Waals surface area contributed by atoms with Gasteiger partial charge in [0, 0.05) is 0 Å². The van der Waals surface area contributed by atoms with E-state index in [1.54, 1.807) is 0 Å². The van der Waals surface area contributed by atoms with Crippen molar-refractivity contribution in [1.29, 1.82) is 0 Å². The molecule has 7 nitrogen and oxygen atoms in total. The predicted molar refractivity (Wildman–Crippen MR) is 74.0 cm³/mol. The number of aliphatic carboxylic acids is 1. The van der Waals surface area contributed by atoms with Crippen LogP contribution in [0, 0.1) is 0 Å². The minimum Gasteiger partial charge on any atom is -0.481 e. The number of aromatic nitrogens is 3. The Morgan fingerprint density at radius 3 is 2.90 bits per heavy atom. The first kappa shape index (κ1) is 15.1. The first-order valence-electron chi connectivity index (χ1n) is 6.78. The highest BCUT2D eigenvalue weighted by atomic mass is 32.2. The molecule has 0 atom stereocenters. The Morgan fingerprint density at radius 1 is 1.45 bits per heavy atom. The number of nitrogens with one attached hydrogen (secondary N) is 1. The van der Waals surface area contributed by atoms with E-state index < -0.39 is 5.97 Å². The topological polar surface area (TPSA) is 97.2 Å². The van der Waals surface area contributed by atoms with Crippen LogP contribution in [-0.2, 0) is 16.1 Å². The van der Waals surface area contributed by atoms with Gasteiger partial charge in [0.1, 0.15) is 0 Å². The normalized spacial score (nSPS) is 16.4. The summed E-state index contributed by atoms with van der Waals surface area (Å²) in [6.07, 6.45) is 6.15. The number of aromatic amines is 1. The van der Waals surface area contributed by atoms with Crippen LogP contribution in [0.15, 0.2) is 9.95 Å². The number of ether oxygens (including phenoxy) is 1. The second kappa shape index (κ2) is 7.49. The first-order valence-corrected chi connectivity index (χ1v) is 7.77. The minimum absolute atomic E-state index is 0.117. The molecule has 20 heavy (non-hydrogen) atoms. The van der Waals surface area contributed by atoms with Crippen molar-refractivity contribution in [3.05, 3.63) is 10.5 Å². The lowest BCUT2D eigenvalue weighted by atomic mass is 9.98. The maximum atomic E-state index is 11.6. The number of carboxylic acid groups (broad SMARTS) is 1. The molecule has 1 aromatic heterocycles. The van der Waals surface area contributed by atoms with Crippen molar-refractivity contribution >= 4 is 17.7 Å². The van der Waals surface area contributed by atoms with E-state index in [4.69, 9.17) is 9.84 Å². The highest BCUT2D eigenvalue weighted by Gasteiger charge is 2.15. The van der Waals surface area contributed by atoms with Gasteiger partial charge in [0.2, 0.25) is 0 Å². The summed E-state index contributed by atoms with van der Waals surface area (Å²) in [6.45, 7) is 0.846. The summed E-state index contributed by atoms with van der Waals surface area (Å²) in [5.41, 5.74) is -0.329. The third-order valence-corrected chi connectivity index (χ3v) is 4.23. The molecule has 0 bridgehead atoms. The predicted octanol–water partition coefficient (Wildman–Crippen LogP) is 1.10. The molecule has 1 heterocycles. The molecule has 0 saturated heterocycles. The summed E-state index contributed by atoms with van der Waals surface area (Å²) in [4.78, 5) is 22.1. The highest BCUT2D eigenvalue weighted by Crippen LogP contribution is 2.20. The molecule has 112 valence electrons. The summed E-state index contributed by atoms with van der Waals surface area (Å²) in [7, 11) is 0. The fraction of sp³-hybridized carbons (Fsp3) is 0.750. The lowest BCUT2D eigenvalue weighted by molar-refractivity contribution is -0.133. The van der Waals surface area contributed by atoms with Crippen molar-refractivity contribution in [1.82, 2.24) is 14.8 Å². The van der Waals surface area contributed by atoms with E-state index in [9.17, 15) is 9.59 Å². The molecule has 1 fully saturated rings. The van der Waals surface area contributed by atoms with E-state index in [1.165, 1.54) is 23.8 Å². The van der Waals surface area contributed by atoms with Gasteiger partial charge in [0.25, 0.3) is 0 Å². The van der Waals surface area contributed by atoms with Gasteiger partial charge in [0.15, 0.2) is 5.16 Å². The van der Waals surface area contributed by atoms with Gasteiger partial charge in [0.05, 0.1) is 25.0 Å². The van der Waals surface area contributed by atoms with E-state index in [-0.39, 0.29) is 11.4 Å². The zero-order chi connectivity index (χ0) is 14.4. The number of H-pyrrole nitrogens is 1. The second-order valence-corrected chi connectivity index (χ2v) is 5.72. The Kier molecular flexibility index (Phi) is 5.66. The third kappa shape index (κ3) is 4.38. The van der Waals surface area contributed by atoms with Crippen molar-refractivity contribution < 1.29 is 14.6 Å². The Labute approximate surface area is 120 Å². The maximum Gasteiger partial charge on any atom is 0.344 e. The van der Waals surface area contributed by atoms with Gasteiger partial charge in [-0.3, -0.25) is 9.36 Å². The number of rotatable bonds is 7. The lowest BCUT2D eigenvalue weighted by Gasteiger charge is -2.22. The fourth-order valence-electron chi connectivity index (χ4n) is 2.28. The van der Waals surface area contributed by atoms with E-state index in [1.807, 2.05) is 0 Å². The molecule has 2 rings (SSSR count). The van der Waals surface area contributed by atoms with E-state index in [2.05, 4.69) is 10.2 Å². The Morgan fingerprint density at radius 2 is 2.20 bits per heavy atom. The third-order valence-electron chi connectivity index (χ3n) is 3.27. The number of hydrogen-bond donors (Lipinski definition) is 2. The SMILES string of the molecule is O=C(O)CSc1n[nH]c(=O)n1CCOC1CCCCC1. The van der Waals surface area contributed by atoms with E-state index in [0.717, 1.165) is 24.6 Å². The summed E-state index contributed by atoms with van der Waals surface area (Å²) in [5.74, 6) is -1.05. The molecule has 0 radical (unpaired) electrons. The van der Waals surface area contributed by atoms with Gasteiger partial charge in [-0.15, -0.1) is 5.10 Å². The molecule has 1 saturated carbocycles. The van der Waals surface area contributed by atoms with Gasteiger partial charge in [-0.1, -0.05) is 31.0 Å². The molecule has 8 heteroatoms. The summed E-state index contributed by atoms with van der Waals surface area (Å²) < 4.78 is 7.19. The van der Waals surface area contributed by atoms with E-state index >= 15 is 0 Å².